The van der Waals surface area contributed by atoms with Gasteiger partial charge in [-0.15, -0.1) is 0 Å². The first-order valence-corrected chi connectivity index (χ1v) is 7.90. The summed E-state index contributed by atoms with van der Waals surface area (Å²) in [7, 11) is 0. The van der Waals surface area contributed by atoms with E-state index in [9.17, 15) is 18.0 Å². The number of nitrogens with zero attached hydrogens (tertiary/aromatic N) is 3. The van der Waals surface area contributed by atoms with Crippen molar-refractivity contribution in [1.29, 1.82) is 0 Å². The molecule has 2 atom stereocenters. The number of carbonyl (C=O) groups excluding carboxylic acids is 1. The molecule has 1 aromatic heterocycles. The lowest BCUT2D eigenvalue weighted by Gasteiger charge is -2.33. The van der Waals surface area contributed by atoms with E-state index in [2.05, 4.69) is 15.4 Å². The number of amides is 1. The third-order valence-electron chi connectivity index (χ3n) is 4.72. The molecule has 5 nitrogen and oxygen atoms in total. The molecule has 0 aromatic carbocycles. The van der Waals surface area contributed by atoms with Crippen LogP contribution in [-0.2, 0) is 11.2 Å². The fraction of sp³-hybridized carbons (Fsp3) is 0.562. The van der Waals surface area contributed by atoms with Gasteiger partial charge in [0.15, 0.2) is 0 Å². The molecular weight excluding hydrogens is 321 g/mol. The highest BCUT2D eigenvalue weighted by atomic mass is 19.4. The van der Waals surface area contributed by atoms with E-state index in [0.717, 1.165) is 0 Å². The maximum atomic E-state index is 13.0. The molecule has 1 aromatic rings. The van der Waals surface area contributed by atoms with Gasteiger partial charge >= 0.3 is 6.18 Å². The third-order valence-corrected chi connectivity index (χ3v) is 4.72. The van der Waals surface area contributed by atoms with Gasteiger partial charge in [0.05, 0.1) is 5.71 Å². The van der Waals surface area contributed by atoms with Crippen LogP contribution >= 0.6 is 0 Å². The Hall–Kier alpha value is -1.96. The van der Waals surface area contributed by atoms with Crippen molar-refractivity contribution in [3.63, 3.8) is 0 Å². The van der Waals surface area contributed by atoms with E-state index in [0.29, 0.717) is 35.9 Å². The van der Waals surface area contributed by atoms with Gasteiger partial charge in [-0.05, 0) is 24.6 Å². The average Bonchev–Trinajstić information content (AvgIpc) is 2.66. The molecule has 2 aliphatic heterocycles. The summed E-state index contributed by atoms with van der Waals surface area (Å²) >= 11 is 0. The van der Waals surface area contributed by atoms with Gasteiger partial charge in [0, 0.05) is 31.3 Å². The lowest BCUT2D eigenvalue weighted by atomic mass is 9.68. The van der Waals surface area contributed by atoms with Crippen molar-refractivity contribution < 1.29 is 18.0 Å². The molecule has 3 rings (SSSR count). The molecule has 0 saturated carbocycles. The van der Waals surface area contributed by atoms with Crippen molar-refractivity contribution in [2.45, 2.75) is 25.9 Å². The summed E-state index contributed by atoms with van der Waals surface area (Å²) < 4.78 is 38.4. The van der Waals surface area contributed by atoms with Crippen LogP contribution in [0.4, 0.5) is 13.2 Å². The molecule has 1 fully saturated rings. The molecule has 2 unspecified atom stereocenters. The molecule has 1 saturated heterocycles. The Morgan fingerprint density at radius 1 is 1.42 bits per heavy atom. The summed E-state index contributed by atoms with van der Waals surface area (Å²) in [4.78, 5) is 17.2. The van der Waals surface area contributed by atoms with Crippen molar-refractivity contribution in [3.05, 3.63) is 30.1 Å². The van der Waals surface area contributed by atoms with Gasteiger partial charge in [-0.2, -0.15) is 18.3 Å². The Bertz CT molecular complexity index is 646. The second-order valence-corrected chi connectivity index (χ2v) is 6.35. The molecule has 1 N–H and O–H groups in total. The topological polar surface area (TPSA) is 57.6 Å². The summed E-state index contributed by atoms with van der Waals surface area (Å²) in [6.45, 7) is 1.68. The first-order chi connectivity index (χ1) is 11.3. The van der Waals surface area contributed by atoms with Crippen molar-refractivity contribution in [2.75, 3.05) is 19.6 Å². The number of nitrogens with one attached hydrogen (secondary N) is 1. The van der Waals surface area contributed by atoms with Crippen LogP contribution in [0.5, 0.6) is 0 Å². The largest absolute Gasteiger partial charge is 0.408 e. The first-order valence-electron chi connectivity index (χ1n) is 7.90. The first kappa shape index (κ1) is 16.9. The van der Waals surface area contributed by atoms with Gasteiger partial charge in [-0.25, -0.2) is 5.01 Å². The molecular formula is C16H19F3N4O. The van der Waals surface area contributed by atoms with E-state index >= 15 is 0 Å². The highest BCUT2D eigenvalue weighted by molar-refractivity contribution is 6.13. The van der Waals surface area contributed by atoms with Crippen LogP contribution in [0.1, 0.15) is 19.0 Å². The standard InChI is InChI=1S/C16H19F3N4O/c1-11-9-20-7-5-13-15(11,8-12-4-2-3-6-21-12)14(24)23(22-13)10-16(17,18)19/h2-4,6,11,20H,5,7-10H2,1H3. The van der Waals surface area contributed by atoms with E-state index in [1.807, 2.05) is 13.0 Å². The molecule has 130 valence electrons. The Labute approximate surface area is 137 Å². The summed E-state index contributed by atoms with van der Waals surface area (Å²) in [5, 5.41) is 7.89. The number of hydrogen-bond acceptors (Lipinski definition) is 4. The zero-order chi connectivity index (χ0) is 17.4. The van der Waals surface area contributed by atoms with Crippen LogP contribution in [0.3, 0.4) is 0 Å². The van der Waals surface area contributed by atoms with Crippen LogP contribution < -0.4 is 5.32 Å². The lowest BCUT2D eigenvalue weighted by molar-refractivity contribution is -0.164. The second kappa shape index (κ2) is 6.16. The van der Waals surface area contributed by atoms with Crippen molar-refractivity contribution in [1.82, 2.24) is 15.3 Å². The molecule has 0 aliphatic carbocycles. The Morgan fingerprint density at radius 3 is 2.88 bits per heavy atom. The van der Waals surface area contributed by atoms with Crippen molar-refractivity contribution in [3.8, 4) is 0 Å². The van der Waals surface area contributed by atoms with E-state index in [1.165, 1.54) is 0 Å². The maximum Gasteiger partial charge on any atom is 0.408 e. The quantitative estimate of drug-likeness (QED) is 0.916. The lowest BCUT2D eigenvalue weighted by Crippen LogP contribution is -2.49. The van der Waals surface area contributed by atoms with Crippen LogP contribution in [0.25, 0.3) is 0 Å². The fourth-order valence-corrected chi connectivity index (χ4v) is 3.52. The molecule has 24 heavy (non-hydrogen) atoms. The minimum absolute atomic E-state index is 0.175. The molecule has 2 aliphatic rings. The van der Waals surface area contributed by atoms with Crippen LogP contribution in [0, 0.1) is 11.3 Å². The highest BCUT2D eigenvalue weighted by Gasteiger charge is 2.56. The summed E-state index contributed by atoms with van der Waals surface area (Å²) in [6, 6.07) is 5.36. The van der Waals surface area contributed by atoms with E-state index in [1.54, 1.807) is 18.3 Å². The Balaban J connectivity index is 1.99. The van der Waals surface area contributed by atoms with E-state index < -0.39 is 24.0 Å². The van der Waals surface area contributed by atoms with E-state index in [-0.39, 0.29) is 12.3 Å². The number of pyridine rings is 1. The zero-order valence-corrected chi connectivity index (χ0v) is 13.3. The average molecular weight is 340 g/mol. The molecule has 0 radical (unpaired) electrons. The van der Waals surface area contributed by atoms with Gasteiger partial charge < -0.3 is 5.32 Å². The van der Waals surface area contributed by atoms with Crippen LogP contribution in [-0.4, -0.2) is 47.4 Å². The summed E-state index contributed by atoms with van der Waals surface area (Å²) in [5.74, 6) is -0.747. The number of alkyl halides is 3. The van der Waals surface area contributed by atoms with Gasteiger partial charge in [0.1, 0.15) is 12.0 Å². The van der Waals surface area contributed by atoms with Gasteiger partial charge in [0.2, 0.25) is 0 Å². The number of hydrazone groups is 1. The number of hydrogen-bond donors (Lipinski definition) is 1. The highest BCUT2D eigenvalue weighted by Crippen LogP contribution is 2.42. The normalized spacial score (nSPS) is 27.7. The minimum Gasteiger partial charge on any atom is -0.316 e. The predicted molar refractivity (Wildman–Crippen MR) is 82.2 cm³/mol. The Morgan fingerprint density at radius 2 is 2.21 bits per heavy atom. The predicted octanol–water partition coefficient (Wildman–Crippen LogP) is 2.00. The number of aromatic nitrogens is 1. The molecule has 0 bridgehead atoms. The number of halogens is 3. The second-order valence-electron chi connectivity index (χ2n) is 6.35. The van der Waals surface area contributed by atoms with Crippen LogP contribution in [0.2, 0.25) is 0 Å². The van der Waals surface area contributed by atoms with Gasteiger partial charge in [-0.1, -0.05) is 13.0 Å². The third kappa shape index (κ3) is 3.02. The number of carbonyl (C=O) groups is 1. The minimum atomic E-state index is -4.48. The number of fused-ring (bicyclic) bond motifs is 1. The van der Waals surface area contributed by atoms with Gasteiger partial charge in [-0.3, -0.25) is 9.78 Å². The Kier molecular flexibility index (Phi) is 4.33. The van der Waals surface area contributed by atoms with E-state index in [4.69, 9.17) is 0 Å². The molecule has 0 spiro atoms. The molecule has 1 amide bonds. The molecule has 3 heterocycles. The van der Waals surface area contributed by atoms with Crippen molar-refractivity contribution >= 4 is 11.6 Å². The van der Waals surface area contributed by atoms with Crippen LogP contribution in [0.15, 0.2) is 29.5 Å². The molecule has 8 heteroatoms. The summed E-state index contributed by atoms with van der Waals surface area (Å²) in [5.41, 5.74) is 0.157. The van der Waals surface area contributed by atoms with Crippen molar-refractivity contribution in [2.24, 2.45) is 16.4 Å². The zero-order valence-electron chi connectivity index (χ0n) is 13.3. The smallest absolute Gasteiger partial charge is 0.316 e. The fourth-order valence-electron chi connectivity index (χ4n) is 3.52. The van der Waals surface area contributed by atoms with Gasteiger partial charge in [0.25, 0.3) is 5.91 Å². The monoisotopic (exact) mass is 340 g/mol. The maximum absolute atomic E-state index is 13.0. The number of rotatable bonds is 3. The SMILES string of the molecule is CC1CNCCC2=NN(CC(F)(F)F)C(=O)C21Cc1ccccn1. The summed E-state index contributed by atoms with van der Waals surface area (Å²) in [6.07, 6.45) is -2.13.